The van der Waals surface area contributed by atoms with Crippen molar-refractivity contribution in [2.75, 3.05) is 11.1 Å². The van der Waals surface area contributed by atoms with Crippen LogP contribution in [-0.4, -0.2) is 21.6 Å². The van der Waals surface area contributed by atoms with Gasteiger partial charge in [-0.3, -0.25) is 9.78 Å². The molecule has 0 saturated carbocycles. The zero-order valence-corrected chi connectivity index (χ0v) is 17.7. The molecule has 0 radical (unpaired) electrons. The third-order valence-electron chi connectivity index (χ3n) is 4.26. The van der Waals surface area contributed by atoms with E-state index < -0.39 is 0 Å². The van der Waals surface area contributed by atoms with Crippen molar-refractivity contribution in [1.82, 2.24) is 9.97 Å². The molecule has 0 bridgehead atoms. The summed E-state index contributed by atoms with van der Waals surface area (Å²) in [5.74, 6) is 1.14. The number of benzene rings is 1. The molecule has 6 heteroatoms. The Labute approximate surface area is 175 Å². The summed E-state index contributed by atoms with van der Waals surface area (Å²) in [5.41, 5.74) is 2.39. The first kappa shape index (κ1) is 20.9. The molecule has 0 spiro atoms. The van der Waals surface area contributed by atoms with Crippen molar-refractivity contribution in [3.63, 3.8) is 0 Å². The normalized spacial score (nSPS) is 11.1. The van der Waals surface area contributed by atoms with Gasteiger partial charge in [0.1, 0.15) is 6.61 Å². The maximum atomic E-state index is 12.4. The van der Waals surface area contributed by atoms with Gasteiger partial charge in [0.25, 0.3) is 0 Å². The molecule has 0 aliphatic heterocycles. The van der Waals surface area contributed by atoms with E-state index in [9.17, 15) is 4.79 Å². The van der Waals surface area contributed by atoms with Crippen molar-refractivity contribution < 1.29 is 9.53 Å². The maximum Gasteiger partial charge on any atom is 0.235 e. The number of hydrogen-bond donors (Lipinski definition) is 1. The number of aromatic nitrogens is 2. The Bertz CT molecular complexity index is 938. The molecular formula is C23H25N3O2S. The fourth-order valence-electron chi connectivity index (χ4n) is 2.61. The summed E-state index contributed by atoms with van der Waals surface area (Å²) in [6.45, 7) is 6.93. The second-order valence-corrected chi connectivity index (χ2v) is 8.65. The predicted molar refractivity (Wildman–Crippen MR) is 117 cm³/mol. The molecular weight excluding hydrogens is 382 g/mol. The summed E-state index contributed by atoms with van der Waals surface area (Å²) in [7, 11) is 0. The minimum atomic E-state index is -0.123. The number of anilines is 1. The van der Waals surface area contributed by atoms with E-state index in [-0.39, 0.29) is 11.3 Å². The highest BCUT2D eigenvalue weighted by molar-refractivity contribution is 8.00. The number of pyridine rings is 2. The molecule has 0 atom stereocenters. The Morgan fingerprint density at radius 1 is 1.03 bits per heavy atom. The Kier molecular flexibility index (Phi) is 6.88. The highest BCUT2D eigenvalue weighted by atomic mass is 32.2. The maximum absolute atomic E-state index is 12.4. The molecule has 2 heterocycles. The highest BCUT2D eigenvalue weighted by Gasteiger charge is 2.14. The van der Waals surface area contributed by atoms with E-state index in [0.717, 1.165) is 10.5 Å². The van der Waals surface area contributed by atoms with Gasteiger partial charge in [-0.05, 0) is 52.9 Å². The van der Waals surface area contributed by atoms with Gasteiger partial charge >= 0.3 is 0 Å². The number of nitrogens with one attached hydrogen (secondary N) is 1. The third kappa shape index (κ3) is 6.32. The predicted octanol–water partition coefficient (Wildman–Crippen LogP) is 5.08. The monoisotopic (exact) mass is 407 g/mol. The number of nitrogens with zero attached hydrogens (tertiary/aromatic N) is 2. The number of hydrogen-bond acceptors (Lipinski definition) is 5. The van der Waals surface area contributed by atoms with Crippen LogP contribution in [0.5, 0.6) is 5.75 Å². The average Bonchev–Trinajstić information content (AvgIpc) is 2.72. The second kappa shape index (κ2) is 9.56. The molecule has 150 valence electrons. The molecule has 3 rings (SSSR count). The number of ether oxygens (including phenoxy) is 1. The molecule has 0 fully saturated rings. The molecule has 0 saturated heterocycles. The van der Waals surface area contributed by atoms with Crippen molar-refractivity contribution in [2.24, 2.45) is 0 Å². The molecule has 1 N–H and O–H groups in total. The first-order valence-corrected chi connectivity index (χ1v) is 10.4. The van der Waals surface area contributed by atoms with Crippen LogP contribution in [0.2, 0.25) is 0 Å². The molecule has 3 aromatic rings. The molecule has 1 amide bonds. The summed E-state index contributed by atoms with van der Waals surface area (Å²) in [5, 5.41) is 2.84. The highest BCUT2D eigenvalue weighted by Crippen LogP contribution is 2.26. The smallest absolute Gasteiger partial charge is 0.235 e. The third-order valence-corrected chi connectivity index (χ3v) is 5.27. The first-order chi connectivity index (χ1) is 13.9. The summed E-state index contributed by atoms with van der Waals surface area (Å²) in [6, 6.07) is 15.7. The van der Waals surface area contributed by atoms with Crippen LogP contribution in [0, 0.1) is 0 Å². The molecule has 5 nitrogen and oxygen atoms in total. The van der Waals surface area contributed by atoms with Crippen LogP contribution in [0.15, 0.2) is 72.0 Å². The number of carbonyl (C=O) groups excluding carboxylic acids is 1. The van der Waals surface area contributed by atoms with E-state index in [1.807, 2.05) is 12.1 Å². The van der Waals surface area contributed by atoms with Crippen molar-refractivity contribution in [2.45, 2.75) is 37.7 Å². The van der Waals surface area contributed by atoms with Gasteiger partial charge in [0.05, 0.1) is 5.75 Å². The topological polar surface area (TPSA) is 64.1 Å². The quantitative estimate of drug-likeness (QED) is 0.553. The molecule has 1 aromatic carbocycles. The van der Waals surface area contributed by atoms with Crippen molar-refractivity contribution in [3.8, 4) is 5.75 Å². The zero-order chi connectivity index (χ0) is 20.7. The fraction of sp³-hybridized carbons (Fsp3) is 0.261. The number of amides is 1. The molecule has 0 unspecified atom stereocenters. The number of rotatable bonds is 7. The first-order valence-electron chi connectivity index (χ1n) is 9.42. The SMILES string of the molecule is CC(C)(C)c1ccc(SCC(=O)Nc2ncccc2OCc2ccncc2)cc1. The molecule has 0 aliphatic carbocycles. The van der Waals surface area contributed by atoms with Gasteiger partial charge in [-0.1, -0.05) is 32.9 Å². The standard InChI is InChI=1S/C23H25N3O2S/c1-23(2,3)18-6-8-19(9-7-18)29-16-21(27)26-22-20(5-4-12-25-22)28-15-17-10-13-24-14-11-17/h4-14H,15-16H2,1-3H3,(H,25,26,27). The van der Waals surface area contributed by atoms with E-state index >= 15 is 0 Å². The van der Waals surface area contributed by atoms with Gasteiger partial charge in [0.2, 0.25) is 5.91 Å². The lowest BCUT2D eigenvalue weighted by Crippen LogP contribution is -2.16. The Balaban J connectivity index is 1.55. The summed E-state index contributed by atoms with van der Waals surface area (Å²) in [4.78, 5) is 21.7. The minimum absolute atomic E-state index is 0.117. The van der Waals surface area contributed by atoms with Crippen LogP contribution in [0.3, 0.4) is 0 Å². The van der Waals surface area contributed by atoms with E-state index in [4.69, 9.17) is 4.74 Å². The van der Waals surface area contributed by atoms with E-state index in [2.05, 4.69) is 60.3 Å². The summed E-state index contributed by atoms with van der Waals surface area (Å²) >= 11 is 1.50. The van der Waals surface area contributed by atoms with Gasteiger partial charge in [0, 0.05) is 23.5 Å². The lowest BCUT2D eigenvalue weighted by atomic mass is 9.87. The second-order valence-electron chi connectivity index (χ2n) is 7.61. The molecule has 2 aromatic heterocycles. The number of carbonyl (C=O) groups is 1. The van der Waals surface area contributed by atoms with Crippen molar-refractivity contribution in [3.05, 3.63) is 78.2 Å². The number of thioether (sulfide) groups is 1. The largest absolute Gasteiger partial charge is 0.485 e. The van der Waals surface area contributed by atoms with Crippen LogP contribution in [0.1, 0.15) is 31.9 Å². The van der Waals surface area contributed by atoms with Crippen LogP contribution >= 0.6 is 11.8 Å². The van der Waals surface area contributed by atoms with Gasteiger partial charge in [-0.25, -0.2) is 4.98 Å². The van der Waals surface area contributed by atoms with Gasteiger partial charge < -0.3 is 10.1 Å². The molecule has 29 heavy (non-hydrogen) atoms. The van der Waals surface area contributed by atoms with E-state index in [1.165, 1.54) is 17.3 Å². The van der Waals surface area contributed by atoms with Gasteiger partial charge in [-0.2, -0.15) is 0 Å². The van der Waals surface area contributed by atoms with Gasteiger partial charge in [-0.15, -0.1) is 11.8 Å². The molecule has 0 aliphatic rings. The minimum Gasteiger partial charge on any atom is -0.485 e. The zero-order valence-electron chi connectivity index (χ0n) is 16.9. The van der Waals surface area contributed by atoms with E-state index in [1.54, 1.807) is 30.7 Å². The Morgan fingerprint density at radius 3 is 2.45 bits per heavy atom. The van der Waals surface area contributed by atoms with Crippen molar-refractivity contribution >= 4 is 23.5 Å². The average molecular weight is 408 g/mol. The van der Waals surface area contributed by atoms with Crippen LogP contribution in [-0.2, 0) is 16.8 Å². The summed E-state index contributed by atoms with van der Waals surface area (Å²) in [6.07, 6.45) is 5.07. The summed E-state index contributed by atoms with van der Waals surface area (Å²) < 4.78 is 5.82. The van der Waals surface area contributed by atoms with Crippen molar-refractivity contribution in [1.29, 1.82) is 0 Å². The Morgan fingerprint density at radius 2 is 1.76 bits per heavy atom. The van der Waals surface area contributed by atoms with Crippen LogP contribution in [0.25, 0.3) is 0 Å². The lowest BCUT2D eigenvalue weighted by Gasteiger charge is -2.19. The fourth-order valence-corrected chi connectivity index (χ4v) is 3.31. The van der Waals surface area contributed by atoms with Gasteiger partial charge in [0.15, 0.2) is 11.6 Å². The van der Waals surface area contributed by atoms with Crippen LogP contribution < -0.4 is 10.1 Å². The lowest BCUT2D eigenvalue weighted by molar-refractivity contribution is -0.113. The van der Waals surface area contributed by atoms with Crippen LogP contribution in [0.4, 0.5) is 5.82 Å². The van der Waals surface area contributed by atoms with E-state index in [0.29, 0.717) is 23.9 Å². The Hall–Kier alpha value is -2.86.